The minimum absolute atomic E-state index is 0.227. The molecule has 9 heteroatoms. The number of halogens is 1. The van der Waals surface area contributed by atoms with Crippen LogP contribution in [-0.4, -0.2) is 30.4 Å². The van der Waals surface area contributed by atoms with E-state index in [2.05, 4.69) is 46.5 Å². The maximum absolute atomic E-state index is 12.3. The van der Waals surface area contributed by atoms with Gasteiger partial charge in [0.05, 0.1) is 5.56 Å². The highest BCUT2D eigenvalue weighted by Gasteiger charge is 2.07. The van der Waals surface area contributed by atoms with E-state index in [1.807, 2.05) is 36.5 Å². The van der Waals surface area contributed by atoms with Crippen LogP contribution < -0.4 is 10.6 Å². The van der Waals surface area contributed by atoms with Crippen molar-refractivity contribution in [2.75, 3.05) is 10.6 Å². The zero-order valence-corrected chi connectivity index (χ0v) is 16.0. The predicted octanol–water partition coefficient (Wildman–Crippen LogP) is 3.82. The Hall–Kier alpha value is -3.59. The Labute approximate surface area is 168 Å². The molecule has 8 nitrogen and oxygen atoms in total. The Bertz CT molecular complexity index is 1100. The molecule has 0 saturated carbocycles. The van der Waals surface area contributed by atoms with Gasteiger partial charge in [0.15, 0.2) is 0 Å². The van der Waals surface area contributed by atoms with Crippen molar-refractivity contribution in [3.63, 3.8) is 0 Å². The van der Waals surface area contributed by atoms with Gasteiger partial charge >= 0.3 is 0 Å². The second kappa shape index (κ2) is 7.97. The van der Waals surface area contributed by atoms with Gasteiger partial charge in [-0.15, -0.1) is 0 Å². The third kappa shape index (κ3) is 4.21. The summed E-state index contributed by atoms with van der Waals surface area (Å²) in [7, 11) is 0. The Morgan fingerprint density at radius 1 is 1.00 bits per heavy atom. The minimum Gasteiger partial charge on any atom is -0.340 e. The van der Waals surface area contributed by atoms with E-state index in [1.54, 1.807) is 29.4 Å². The number of hydrogen-bond donors (Lipinski definition) is 2. The molecule has 0 atom stereocenters. The molecule has 138 valence electrons. The van der Waals surface area contributed by atoms with Crippen LogP contribution in [0.5, 0.6) is 0 Å². The molecule has 28 heavy (non-hydrogen) atoms. The van der Waals surface area contributed by atoms with Gasteiger partial charge in [0.1, 0.15) is 24.3 Å². The van der Waals surface area contributed by atoms with Gasteiger partial charge in [0.2, 0.25) is 0 Å². The number of anilines is 3. The minimum atomic E-state index is -0.227. The average Bonchev–Trinajstić information content (AvgIpc) is 3.25. The van der Waals surface area contributed by atoms with Crippen LogP contribution in [-0.2, 0) is 0 Å². The van der Waals surface area contributed by atoms with Crippen LogP contribution in [0.4, 0.5) is 17.2 Å². The monoisotopic (exact) mass is 435 g/mol. The highest BCUT2D eigenvalue weighted by Crippen LogP contribution is 2.19. The molecule has 2 N–H and O–H groups in total. The first-order chi connectivity index (χ1) is 13.7. The number of rotatable bonds is 5. The van der Waals surface area contributed by atoms with Crippen LogP contribution >= 0.6 is 15.9 Å². The molecule has 0 aliphatic carbocycles. The first-order valence-corrected chi connectivity index (χ1v) is 9.06. The van der Waals surface area contributed by atoms with Crippen molar-refractivity contribution in [1.29, 1.82) is 0 Å². The summed E-state index contributed by atoms with van der Waals surface area (Å²) in [5, 5.41) is 6.05. The lowest BCUT2D eigenvalue weighted by Gasteiger charge is -2.09. The van der Waals surface area contributed by atoms with Crippen LogP contribution in [0.15, 0.2) is 78.3 Å². The molecule has 0 fully saturated rings. The summed E-state index contributed by atoms with van der Waals surface area (Å²) < 4.78 is 2.54. The molecule has 0 spiro atoms. The van der Waals surface area contributed by atoms with E-state index in [0.717, 1.165) is 10.2 Å². The second-order valence-electron chi connectivity index (χ2n) is 5.78. The third-order valence-electron chi connectivity index (χ3n) is 3.80. The van der Waals surface area contributed by atoms with Gasteiger partial charge in [0, 0.05) is 46.7 Å². The lowest BCUT2D eigenvalue weighted by atomic mass is 10.2. The zero-order chi connectivity index (χ0) is 19.3. The molecule has 0 aliphatic heterocycles. The molecule has 0 aliphatic rings. The number of nitrogens with one attached hydrogen (secondary N) is 2. The number of benzene rings is 1. The summed E-state index contributed by atoms with van der Waals surface area (Å²) in [6, 6.07) is 10.9. The van der Waals surface area contributed by atoms with Crippen LogP contribution in [0, 0.1) is 0 Å². The first-order valence-electron chi connectivity index (χ1n) is 8.27. The molecule has 3 aromatic heterocycles. The van der Waals surface area contributed by atoms with Gasteiger partial charge < -0.3 is 10.6 Å². The molecular formula is C19H14BrN7O. The number of carbonyl (C=O) groups is 1. The predicted molar refractivity (Wildman–Crippen MR) is 109 cm³/mol. The topological polar surface area (TPSA) is 97.6 Å². The fraction of sp³-hybridized carbons (Fsp3) is 0. The third-order valence-corrected chi connectivity index (χ3v) is 4.24. The molecule has 0 bridgehead atoms. The molecule has 1 aromatic carbocycles. The summed E-state index contributed by atoms with van der Waals surface area (Å²) in [6.07, 6.45) is 9.80. The molecule has 4 aromatic rings. The van der Waals surface area contributed by atoms with Crippen molar-refractivity contribution in [1.82, 2.24) is 24.5 Å². The fourth-order valence-corrected chi connectivity index (χ4v) is 2.84. The standard InChI is InChI=1S/C19H14BrN7O/c20-14-7-13(9-22-10-14)19(28)26-16-3-1-15(2-4-16)25-17-8-18(24-11-23-17)27-6-5-21-12-27/h1-12H,(H,26,28)(H,23,24,25). The van der Waals surface area contributed by atoms with Crippen molar-refractivity contribution >= 4 is 39.0 Å². The van der Waals surface area contributed by atoms with Crippen LogP contribution in [0.3, 0.4) is 0 Å². The van der Waals surface area contributed by atoms with Crippen molar-refractivity contribution in [2.45, 2.75) is 0 Å². The number of aromatic nitrogens is 5. The first kappa shape index (κ1) is 17.8. The largest absolute Gasteiger partial charge is 0.340 e. The Kier molecular flexibility index (Phi) is 5.07. The van der Waals surface area contributed by atoms with Gasteiger partial charge in [-0.2, -0.15) is 0 Å². The number of hydrogen-bond acceptors (Lipinski definition) is 6. The lowest BCUT2D eigenvalue weighted by molar-refractivity contribution is 0.102. The van der Waals surface area contributed by atoms with Gasteiger partial charge in [-0.3, -0.25) is 14.3 Å². The number of pyridine rings is 1. The van der Waals surface area contributed by atoms with Gasteiger partial charge in [0.25, 0.3) is 5.91 Å². The number of imidazole rings is 1. The van der Waals surface area contributed by atoms with Crippen molar-refractivity contribution in [2.24, 2.45) is 0 Å². The van der Waals surface area contributed by atoms with Gasteiger partial charge in [-0.05, 0) is 46.3 Å². The average molecular weight is 436 g/mol. The number of nitrogens with zero attached hydrogens (tertiary/aromatic N) is 5. The van der Waals surface area contributed by atoms with E-state index in [-0.39, 0.29) is 5.91 Å². The maximum atomic E-state index is 12.3. The summed E-state index contributed by atoms with van der Waals surface area (Å²) >= 11 is 3.31. The molecule has 4 rings (SSSR count). The molecule has 0 saturated heterocycles. The molecule has 1 amide bonds. The van der Waals surface area contributed by atoms with E-state index in [9.17, 15) is 4.79 Å². The van der Waals surface area contributed by atoms with E-state index in [1.165, 1.54) is 12.5 Å². The van der Waals surface area contributed by atoms with E-state index in [4.69, 9.17) is 0 Å². The highest BCUT2D eigenvalue weighted by atomic mass is 79.9. The maximum Gasteiger partial charge on any atom is 0.257 e. The normalized spacial score (nSPS) is 10.5. The molecular weight excluding hydrogens is 422 g/mol. The van der Waals surface area contributed by atoms with Crippen molar-refractivity contribution < 1.29 is 4.79 Å². The van der Waals surface area contributed by atoms with E-state index < -0.39 is 0 Å². The molecule has 0 radical (unpaired) electrons. The number of carbonyl (C=O) groups excluding carboxylic acids is 1. The van der Waals surface area contributed by atoms with Crippen LogP contribution in [0.25, 0.3) is 5.82 Å². The highest BCUT2D eigenvalue weighted by molar-refractivity contribution is 9.10. The fourth-order valence-electron chi connectivity index (χ4n) is 2.48. The quantitative estimate of drug-likeness (QED) is 0.494. The van der Waals surface area contributed by atoms with E-state index >= 15 is 0 Å². The summed E-state index contributed by atoms with van der Waals surface area (Å²) in [5.41, 5.74) is 1.99. The lowest BCUT2D eigenvalue weighted by Crippen LogP contribution is -2.12. The zero-order valence-electron chi connectivity index (χ0n) is 14.5. The van der Waals surface area contributed by atoms with Crippen molar-refractivity contribution in [3.8, 4) is 5.82 Å². The Morgan fingerprint density at radius 3 is 2.57 bits per heavy atom. The number of amides is 1. The van der Waals surface area contributed by atoms with Crippen LogP contribution in [0.1, 0.15) is 10.4 Å². The molecule has 0 unspecified atom stereocenters. The van der Waals surface area contributed by atoms with Crippen molar-refractivity contribution in [3.05, 3.63) is 83.9 Å². The smallest absolute Gasteiger partial charge is 0.257 e. The summed E-state index contributed by atoms with van der Waals surface area (Å²) in [6.45, 7) is 0. The van der Waals surface area contributed by atoms with Gasteiger partial charge in [-0.25, -0.2) is 15.0 Å². The Morgan fingerprint density at radius 2 is 1.82 bits per heavy atom. The Balaban J connectivity index is 1.44. The molecule has 3 heterocycles. The summed E-state index contributed by atoms with van der Waals surface area (Å²) in [5.74, 6) is 1.13. The SMILES string of the molecule is O=C(Nc1ccc(Nc2cc(-n3ccnc3)ncn2)cc1)c1cncc(Br)c1. The summed E-state index contributed by atoms with van der Waals surface area (Å²) in [4.78, 5) is 28.7. The van der Waals surface area contributed by atoms with Crippen LogP contribution in [0.2, 0.25) is 0 Å². The second-order valence-corrected chi connectivity index (χ2v) is 6.70. The van der Waals surface area contributed by atoms with E-state index in [0.29, 0.717) is 22.9 Å². The van der Waals surface area contributed by atoms with Gasteiger partial charge in [-0.1, -0.05) is 0 Å².